The summed E-state index contributed by atoms with van der Waals surface area (Å²) < 4.78 is 28.1. The van der Waals surface area contributed by atoms with Gasteiger partial charge in [0.05, 0.1) is 0 Å². The second kappa shape index (κ2) is 4.26. The molecule has 0 spiro atoms. The van der Waals surface area contributed by atoms with Gasteiger partial charge in [-0.25, -0.2) is 8.78 Å². The maximum atomic E-state index is 14.2. The highest BCUT2D eigenvalue weighted by atomic mass is 19.1. The zero-order chi connectivity index (χ0) is 14.6. The van der Waals surface area contributed by atoms with Crippen molar-refractivity contribution in [1.29, 1.82) is 0 Å². The monoisotopic (exact) mass is 278 g/mol. The van der Waals surface area contributed by atoms with Gasteiger partial charge in [-0.05, 0) is 29.7 Å². The van der Waals surface area contributed by atoms with Crippen LogP contribution in [0.1, 0.15) is 28.9 Å². The Bertz CT molecular complexity index is 651. The third-order valence-corrected chi connectivity index (χ3v) is 3.71. The van der Waals surface area contributed by atoms with Crippen molar-refractivity contribution in [2.24, 2.45) is 0 Å². The quantitative estimate of drug-likeness (QED) is 0.694. The molecule has 0 aromatic heterocycles. The second-order valence-electron chi connectivity index (χ2n) is 4.91. The van der Waals surface area contributed by atoms with E-state index in [0.29, 0.717) is 11.1 Å². The van der Waals surface area contributed by atoms with Gasteiger partial charge in [0.1, 0.15) is 18.0 Å². The molecular formula is C15H12F2O3. The van der Waals surface area contributed by atoms with Crippen molar-refractivity contribution in [3.8, 4) is 16.9 Å². The molecule has 2 unspecified atom stereocenters. The maximum absolute atomic E-state index is 14.2. The van der Waals surface area contributed by atoms with E-state index in [-0.39, 0.29) is 16.7 Å². The zero-order valence-corrected chi connectivity index (χ0v) is 10.6. The lowest BCUT2D eigenvalue weighted by atomic mass is 9.80. The molecule has 0 amide bonds. The third kappa shape index (κ3) is 1.57. The van der Waals surface area contributed by atoms with Crippen molar-refractivity contribution in [1.82, 2.24) is 0 Å². The molecule has 1 aliphatic rings. The van der Waals surface area contributed by atoms with Gasteiger partial charge in [-0.1, -0.05) is 18.2 Å². The SMILES string of the molecule is Cc1ccc2c(c1F)C(O)C(O)c1c-2ccc(O)c1F. The number of halogens is 2. The summed E-state index contributed by atoms with van der Waals surface area (Å²) >= 11 is 0. The minimum absolute atomic E-state index is 0.0462. The summed E-state index contributed by atoms with van der Waals surface area (Å²) in [7, 11) is 0. The van der Waals surface area contributed by atoms with Gasteiger partial charge in [0.2, 0.25) is 0 Å². The summed E-state index contributed by atoms with van der Waals surface area (Å²) in [6.07, 6.45) is -3.20. The van der Waals surface area contributed by atoms with Crippen LogP contribution in [0.4, 0.5) is 8.78 Å². The number of rotatable bonds is 0. The minimum Gasteiger partial charge on any atom is -0.505 e. The molecule has 1 aliphatic carbocycles. The van der Waals surface area contributed by atoms with Crippen molar-refractivity contribution in [3.05, 3.63) is 52.6 Å². The van der Waals surface area contributed by atoms with E-state index in [4.69, 9.17) is 0 Å². The Morgan fingerprint density at radius 2 is 1.35 bits per heavy atom. The smallest absolute Gasteiger partial charge is 0.171 e. The van der Waals surface area contributed by atoms with Gasteiger partial charge < -0.3 is 15.3 Å². The van der Waals surface area contributed by atoms with Crippen molar-refractivity contribution in [2.45, 2.75) is 19.1 Å². The summed E-state index contributed by atoms with van der Waals surface area (Å²) in [6.45, 7) is 1.54. The van der Waals surface area contributed by atoms with Crippen LogP contribution in [0, 0.1) is 18.6 Å². The lowest BCUT2D eigenvalue weighted by Gasteiger charge is -2.30. The number of aromatic hydroxyl groups is 1. The van der Waals surface area contributed by atoms with E-state index in [2.05, 4.69) is 0 Å². The Morgan fingerprint density at radius 1 is 0.850 bits per heavy atom. The van der Waals surface area contributed by atoms with Gasteiger partial charge >= 0.3 is 0 Å². The van der Waals surface area contributed by atoms with E-state index in [1.54, 1.807) is 13.0 Å². The lowest BCUT2D eigenvalue weighted by molar-refractivity contribution is 0.0112. The molecule has 0 aliphatic heterocycles. The molecule has 0 saturated carbocycles. The van der Waals surface area contributed by atoms with E-state index in [1.165, 1.54) is 12.1 Å². The second-order valence-corrected chi connectivity index (χ2v) is 4.91. The molecule has 2 aromatic carbocycles. The Balaban J connectivity index is 2.40. The summed E-state index contributed by atoms with van der Waals surface area (Å²) in [5.74, 6) is -2.24. The van der Waals surface area contributed by atoms with Gasteiger partial charge in [0, 0.05) is 11.1 Å². The van der Waals surface area contributed by atoms with E-state index in [0.717, 1.165) is 6.07 Å². The summed E-state index contributed by atoms with van der Waals surface area (Å²) in [4.78, 5) is 0. The molecule has 0 fully saturated rings. The van der Waals surface area contributed by atoms with Gasteiger partial charge in [-0.3, -0.25) is 0 Å². The van der Waals surface area contributed by atoms with Crippen molar-refractivity contribution < 1.29 is 24.1 Å². The highest BCUT2D eigenvalue weighted by Gasteiger charge is 2.36. The average molecular weight is 278 g/mol. The standard InChI is InChI=1S/C15H12F2O3/c1-6-2-3-7-8-4-5-9(18)13(17)11(8)15(20)14(19)10(7)12(6)16/h2-5,14-15,18-20H,1H3. The fourth-order valence-electron chi connectivity index (χ4n) is 2.65. The van der Waals surface area contributed by atoms with E-state index in [1.807, 2.05) is 0 Å². The van der Waals surface area contributed by atoms with Crippen LogP contribution in [-0.4, -0.2) is 15.3 Å². The number of fused-ring (bicyclic) bond motifs is 3. The predicted octanol–water partition coefficient (Wildman–Crippen LogP) is 2.73. The third-order valence-electron chi connectivity index (χ3n) is 3.71. The molecule has 0 bridgehead atoms. The Kier molecular flexibility index (Phi) is 2.77. The van der Waals surface area contributed by atoms with Crippen LogP contribution >= 0.6 is 0 Å². The predicted molar refractivity (Wildman–Crippen MR) is 68.1 cm³/mol. The molecule has 3 nitrogen and oxygen atoms in total. The molecule has 5 heteroatoms. The molecule has 104 valence electrons. The summed E-state index contributed by atoms with van der Waals surface area (Å²) in [5, 5.41) is 29.5. The Hall–Kier alpha value is -1.98. The number of aliphatic hydroxyl groups is 2. The highest BCUT2D eigenvalue weighted by Crippen LogP contribution is 2.48. The van der Waals surface area contributed by atoms with Crippen LogP contribution in [0.25, 0.3) is 11.1 Å². The highest BCUT2D eigenvalue weighted by molar-refractivity contribution is 5.76. The lowest BCUT2D eigenvalue weighted by Crippen LogP contribution is -2.20. The van der Waals surface area contributed by atoms with Crippen LogP contribution in [0.3, 0.4) is 0 Å². The molecule has 2 atom stereocenters. The molecule has 0 radical (unpaired) electrons. The van der Waals surface area contributed by atoms with E-state index >= 15 is 0 Å². The van der Waals surface area contributed by atoms with Gasteiger partial charge in [0.25, 0.3) is 0 Å². The summed E-state index contributed by atoms with van der Waals surface area (Å²) in [5.41, 5.74) is 0.660. The van der Waals surface area contributed by atoms with Crippen molar-refractivity contribution in [2.75, 3.05) is 0 Å². The number of hydrogen-bond acceptors (Lipinski definition) is 3. The first-order valence-corrected chi connectivity index (χ1v) is 6.10. The van der Waals surface area contributed by atoms with Crippen LogP contribution < -0.4 is 0 Å². The van der Waals surface area contributed by atoms with Crippen LogP contribution in [0.15, 0.2) is 24.3 Å². The first-order valence-electron chi connectivity index (χ1n) is 6.10. The molecule has 0 saturated heterocycles. The number of aryl methyl sites for hydroxylation is 1. The van der Waals surface area contributed by atoms with E-state index < -0.39 is 29.6 Å². The fourth-order valence-corrected chi connectivity index (χ4v) is 2.65. The fraction of sp³-hybridized carbons (Fsp3) is 0.200. The Morgan fingerprint density at radius 3 is 1.95 bits per heavy atom. The first kappa shape index (κ1) is 13.0. The Labute approximate surface area is 113 Å². The number of phenols is 1. The zero-order valence-electron chi connectivity index (χ0n) is 10.6. The van der Waals surface area contributed by atoms with Crippen LogP contribution in [-0.2, 0) is 0 Å². The first-order chi connectivity index (χ1) is 9.43. The van der Waals surface area contributed by atoms with Crippen molar-refractivity contribution in [3.63, 3.8) is 0 Å². The number of benzene rings is 2. The number of phenolic OH excluding ortho intramolecular Hbond substituents is 1. The topological polar surface area (TPSA) is 60.7 Å². The molecule has 3 N–H and O–H groups in total. The molecule has 20 heavy (non-hydrogen) atoms. The van der Waals surface area contributed by atoms with Gasteiger partial charge in [-0.15, -0.1) is 0 Å². The number of aliphatic hydroxyl groups excluding tert-OH is 2. The summed E-state index contributed by atoms with van der Waals surface area (Å²) in [6, 6.07) is 5.63. The molecule has 0 heterocycles. The van der Waals surface area contributed by atoms with E-state index in [9.17, 15) is 24.1 Å². The normalized spacial score (nSPS) is 20.4. The van der Waals surface area contributed by atoms with Crippen LogP contribution in [0.2, 0.25) is 0 Å². The largest absolute Gasteiger partial charge is 0.505 e. The van der Waals surface area contributed by atoms with Crippen LogP contribution in [0.5, 0.6) is 5.75 Å². The van der Waals surface area contributed by atoms with Gasteiger partial charge in [-0.2, -0.15) is 0 Å². The molecule has 3 rings (SSSR count). The number of hydrogen-bond donors (Lipinski definition) is 3. The molecule has 2 aromatic rings. The molecular weight excluding hydrogens is 266 g/mol. The maximum Gasteiger partial charge on any atom is 0.171 e. The minimum atomic E-state index is -1.62. The van der Waals surface area contributed by atoms with Gasteiger partial charge in [0.15, 0.2) is 11.6 Å². The van der Waals surface area contributed by atoms with Crippen molar-refractivity contribution >= 4 is 0 Å². The average Bonchev–Trinajstić information content (AvgIpc) is 2.42.